The molecule has 134 valence electrons. The summed E-state index contributed by atoms with van der Waals surface area (Å²) >= 11 is 5.94. The van der Waals surface area contributed by atoms with Crippen molar-refractivity contribution in [1.82, 2.24) is 4.57 Å². The molecule has 0 fully saturated rings. The number of nitrogens with zero attached hydrogens (tertiary/aromatic N) is 3. The van der Waals surface area contributed by atoms with Crippen LogP contribution < -0.4 is 0 Å². The smallest absolute Gasteiger partial charge is 0.265 e. The number of hydrogen-bond donors (Lipinski definition) is 1. The molecule has 0 saturated carbocycles. The molecule has 3 rings (SSSR count). The molecule has 0 aliphatic heterocycles. The molecule has 5 nitrogen and oxygen atoms in total. The zero-order chi connectivity index (χ0) is 18.7. The van der Waals surface area contributed by atoms with Crippen molar-refractivity contribution in [2.75, 3.05) is 0 Å². The second kappa shape index (κ2) is 7.70. The van der Waals surface area contributed by atoms with Gasteiger partial charge in [-0.2, -0.15) is 0 Å². The molecule has 26 heavy (non-hydrogen) atoms. The van der Waals surface area contributed by atoms with Gasteiger partial charge in [0.05, 0.1) is 12.1 Å². The Morgan fingerprint density at radius 2 is 1.85 bits per heavy atom. The van der Waals surface area contributed by atoms with Gasteiger partial charge in [-0.25, -0.2) is 0 Å². The maximum Gasteiger partial charge on any atom is 0.265 e. The standard InChI is InChI=1S/C20H20ClN3O2/c1-13(2)11-18(25)22-23-19-16-5-3-4-6-17(16)24(20(19)26)12-14-7-9-15(21)10-8-14/h3-10,13,26H,11-12H2,1-2H3. The van der Waals surface area contributed by atoms with Crippen LogP contribution in [0.3, 0.4) is 0 Å². The monoisotopic (exact) mass is 369 g/mol. The minimum absolute atomic E-state index is 0.0118. The molecular weight excluding hydrogens is 350 g/mol. The summed E-state index contributed by atoms with van der Waals surface area (Å²) in [7, 11) is 0. The van der Waals surface area contributed by atoms with Crippen molar-refractivity contribution in [2.24, 2.45) is 16.1 Å². The molecule has 0 saturated heterocycles. The van der Waals surface area contributed by atoms with Gasteiger partial charge in [-0.05, 0) is 29.7 Å². The van der Waals surface area contributed by atoms with Crippen LogP contribution >= 0.6 is 11.6 Å². The Kier molecular flexibility index (Phi) is 5.38. The molecule has 1 heterocycles. The van der Waals surface area contributed by atoms with Gasteiger partial charge in [0.1, 0.15) is 0 Å². The van der Waals surface area contributed by atoms with Crippen LogP contribution in [0.25, 0.3) is 10.9 Å². The summed E-state index contributed by atoms with van der Waals surface area (Å²) < 4.78 is 1.75. The van der Waals surface area contributed by atoms with Crippen molar-refractivity contribution in [2.45, 2.75) is 26.8 Å². The Morgan fingerprint density at radius 3 is 2.54 bits per heavy atom. The Bertz CT molecular complexity index is 959. The van der Waals surface area contributed by atoms with Crippen LogP contribution in [0.15, 0.2) is 58.8 Å². The van der Waals surface area contributed by atoms with Gasteiger partial charge in [-0.3, -0.25) is 4.79 Å². The number of fused-ring (bicyclic) bond motifs is 1. The van der Waals surface area contributed by atoms with Crippen molar-refractivity contribution in [3.05, 3.63) is 59.1 Å². The lowest BCUT2D eigenvalue weighted by Gasteiger charge is -2.07. The number of amides is 1. The molecule has 0 radical (unpaired) electrons. The first kappa shape index (κ1) is 18.1. The summed E-state index contributed by atoms with van der Waals surface area (Å²) in [5.41, 5.74) is 2.13. The van der Waals surface area contributed by atoms with Gasteiger partial charge >= 0.3 is 0 Å². The van der Waals surface area contributed by atoms with Gasteiger partial charge in [0.15, 0.2) is 5.69 Å². The van der Waals surface area contributed by atoms with E-state index in [-0.39, 0.29) is 17.7 Å². The number of azo groups is 1. The van der Waals surface area contributed by atoms with E-state index in [1.165, 1.54) is 0 Å². The van der Waals surface area contributed by atoms with Crippen molar-refractivity contribution >= 4 is 34.1 Å². The maximum atomic E-state index is 11.8. The van der Waals surface area contributed by atoms with E-state index in [4.69, 9.17) is 11.6 Å². The SMILES string of the molecule is CC(C)CC(=O)N=Nc1c(O)n(Cc2ccc(Cl)cc2)c2ccccc12. The molecule has 2 aromatic carbocycles. The van der Waals surface area contributed by atoms with E-state index in [0.717, 1.165) is 16.5 Å². The normalized spacial score (nSPS) is 11.7. The van der Waals surface area contributed by atoms with Crippen LogP contribution in [0, 0.1) is 5.92 Å². The van der Waals surface area contributed by atoms with Crippen molar-refractivity contribution in [3.63, 3.8) is 0 Å². The molecule has 0 aliphatic rings. The molecule has 0 aliphatic carbocycles. The van der Waals surface area contributed by atoms with Crippen molar-refractivity contribution in [3.8, 4) is 5.88 Å². The average molecular weight is 370 g/mol. The summed E-state index contributed by atoms with van der Waals surface area (Å²) in [6.07, 6.45) is 0.327. The first-order valence-corrected chi connectivity index (χ1v) is 8.82. The Balaban J connectivity index is 1.99. The van der Waals surface area contributed by atoms with Crippen LogP contribution in [-0.2, 0) is 11.3 Å². The lowest BCUT2D eigenvalue weighted by molar-refractivity contribution is -0.118. The number of aromatic nitrogens is 1. The summed E-state index contributed by atoms with van der Waals surface area (Å²) in [6, 6.07) is 15.0. The molecule has 0 unspecified atom stereocenters. The Labute approximate surface area is 156 Å². The summed E-state index contributed by atoms with van der Waals surface area (Å²) in [5, 5.41) is 19.9. The Hall–Kier alpha value is -2.66. The number of aromatic hydroxyl groups is 1. The van der Waals surface area contributed by atoms with Crippen LogP contribution in [-0.4, -0.2) is 15.6 Å². The second-order valence-electron chi connectivity index (χ2n) is 6.59. The molecule has 6 heteroatoms. The van der Waals surface area contributed by atoms with Gasteiger partial charge in [-0.15, -0.1) is 10.2 Å². The van der Waals surface area contributed by atoms with Crippen LogP contribution in [0.5, 0.6) is 5.88 Å². The minimum atomic E-state index is -0.297. The molecule has 1 N–H and O–H groups in total. The molecular formula is C20H20ClN3O2. The number of halogens is 1. The highest BCUT2D eigenvalue weighted by atomic mass is 35.5. The average Bonchev–Trinajstić information content (AvgIpc) is 2.86. The van der Waals surface area contributed by atoms with E-state index >= 15 is 0 Å². The number of rotatable bonds is 5. The predicted octanol–water partition coefficient (Wildman–Crippen LogP) is 5.71. The fourth-order valence-electron chi connectivity index (χ4n) is 2.80. The zero-order valence-corrected chi connectivity index (χ0v) is 15.4. The van der Waals surface area contributed by atoms with E-state index in [9.17, 15) is 9.90 Å². The summed E-state index contributed by atoms with van der Waals surface area (Å²) in [5.74, 6) is -0.0996. The van der Waals surface area contributed by atoms with Gasteiger partial charge in [0, 0.05) is 16.8 Å². The predicted molar refractivity (Wildman–Crippen MR) is 103 cm³/mol. The van der Waals surface area contributed by atoms with Crippen LogP contribution in [0.1, 0.15) is 25.8 Å². The number of hydrogen-bond acceptors (Lipinski definition) is 3. The zero-order valence-electron chi connectivity index (χ0n) is 14.7. The van der Waals surface area contributed by atoms with Gasteiger partial charge in [-0.1, -0.05) is 55.8 Å². The molecule has 1 amide bonds. The Morgan fingerprint density at radius 1 is 1.15 bits per heavy atom. The first-order valence-electron chi connectivity index (χ1n) is 8.45. The van der Waals surface area contributed by atoms with Gasteiger partial charge in [0.2, 0.25) is 5.88 Å². The van der Waals surface area contributed by atoms with E-state index in [0.29, 0.717) is 23.7 Å². The number of carbonyl (C=O) groups is 1. The van der Waals surface area contributed by atoms with Crippen LogP contribution in [0.4, 0.5) is 5.69 Å². The third kappa shape index (κ3) is 3.94. The molecule has 0 bridgehead atoms. The highest BCUT2D eigenvalue weighted by molar-refractivity contribution is 6.30. The molecule has 0 spiro atoms. The fourth-order valence-corrected chi connectivity index (χ4v) is 2.92. The third-order valence-corrected chi connectivity index (χ3v) is 4.27. The number of benzene rings is 2. The fraction of sp³-hybridized carbons (Fsp3) is 0.250. The van der Waals surface area contributed by atoms with Crippen molar-refractivity contribution in [1.29, 1.82) is 0 Å². The summed E-state index contributed by atoms with van der Waals surface area (Å²) in [6.45, 7) is 4.35. The first-order chi connectivity index (χ1) is 12.5. The van der Waals surface area contributed by atoms with Crippen molar-refractivity contribution < 1.29 is 9.90 Å². The minimum Gasteiger partial charge on any atom is -0.493 e. The maximum absolute atomic E-state index is 11.8. The molecule has 3 aromatic rings. The number of para-hydroxylation sites is 1. The van der Waals surface area contributed by atoms with Gasteiger partial charge in [0.25, 0.3) is 5.91 Å². The number of carbonyl (C=O) groups excluding carboxylic acids is 1. The summed E-state index contributed by atoms with van der Waals surface area (Å²) in [4.78, 5) is 11.8. The quantitative estimate of drug-likeness (QED) is 0.585. The highest BCUT2D eigenvalue weighted by Crippen LogP contribution is 2.39. The molecule has 1 aromatic heterocycles. The highest BCUT2D eigenvalue weighted by Gasteiger charge is 2.17. The third-order valence-electron chi connectivity index (χ3n) is 4.02. The van der Waals surface area contributed by atoms with E-state index in [1.54, 1.807) is 4.57 Å². The van der Waals surface area contributed by atoms with E-state index in [1.807, 2.05) is 62.4 Å². The topological polar surface area (TPSA) is 66.9 Å². The second-order valence-corrected chi connectivity index (χ2v) is 7.03. The van der Waals surface area contributed by atoms with Gasteiger partial charge < -0.3 is 9.67 Å². The van der Waals surface area contributed by atoms with E-state index in [2.05, 4.69) is 10.2 Å². The molecule has 0 atom stereocenters. The van der Waals surface area contributed by atoms with Crippen LogP contribution in [0.2, 0.25) is 5.02 Å². The lowest BCUT2D eigenvalue weighted by atomic mass is 10.1. The lowest BCUT2D eigenvalue weighted by Crippen LogP contribution is -1.98. The van der Waals surface area contributed by atoms with E-state index < -0.39 is 0 Å². The largest absolute Gasteiger partial charge is 0.493 e.